The highest BCUT2D eigenvalue weighted by atomic mass is 16.8. The quantitative estimate of drug-likeness (QED) is 0.412. The van der Waals surface area contributed by atoms with Crippen molar-refractivity contribution < 1.29 is 38.1 Å². The van der Waals surface area contributed by atoms with Crippen molar-refractivity contribution in [3.8, 4) is 11.8 Å². The predicted octanol–water partition coefficient (Wildman–Crippen LogP) is 2.97. The summed E-state index contributed by atoms with van der Waals surface area (Å²) in [6.45, 7) is 4.55. The lowest BCUT2D eigenvalue weighted by Gasteiger charge is -2.45. The molecule has 5 atom stereocenters. The van der Waals surface area contributed by atoms with Gasteiger partial charge in [-0.15, -0.1) is 0 Å². The van der Waals surface area contributed by atoms with Crippen LogP contribution < -0.4 is 0 Å². The number of carbonyl (C=O) groups is 3. The normalized spacial score (nSPS) is 31.8. The molecule has 0 aromatic heterocycles. The number of benzene rings is 1. The fourth-order valence-electron chi connectivity index (χ4n) is 4.02. The van der Waals surface area contributed by atoms with Crippen LogP contribution in [0.15, 0.2) is 24.3 Å². The largest absolute Gasteiger partial charge is 0.509 e. The fourth-order valence-corrected chi connectivity index (χ4v) is 4.02. The molecule has 8 nitrogen and oxygen atoms in total. The third-order valence-corrected chi connectivity index (χ3v) is 5.75. The Morgan fingerprint density at radius 2 is 1.87 bits per heavy atom. The molecule has 2 aliphatic heterocycles. The van der Waals surface area contributed by atoms with Crippen molar-refractivity contribution in [3.63, 3.8) is 0 Å². The second kappa shape index (κ2) is 8.23. The van der Waals surface area contributed by atoms with Gasteiger partial charge < -0.3 is 23.7 Å². The lowest BCUT2D eigenvalue weighted by atomic mass is 9.82. The molecule has 1 aromatic carbocycles. The monoisotopic (exact) mass is 428 g/mol. The van der Waals surface area contributed by atoms with E-state index in [4.69, 9.17) is 23.7 Å². The summed E-state index contributed by atoms with van der Waals surface area (Å²) in [5.74, 6) is 5.44. The van der Waals surface area contributed by atoms with Gasteiger partial charge in [0.15, 0.2) is 6.10 Å². The Morgan fingerprint density at radius 3 is 2.52 bits per heavy atom. The van der Waals surface area contributed by atoms with Crippen LogP contribution in [0.1, 0.15) is 56.0 Å². The number of rotatable bonds is 3. The van der Waals surface area contributed by atoms with E-state index in [0.717, 1.165) is 12.8 Å². The number of ether oxygens (including phenoxy) is 5. The van der Waals surface area contributed by atoms with Gasteiger partial charge in [-0.3, -0.25) is 4.79 Å². The van der Waals surface area contributed by atoms with E-state index in [2.05, 4.69) is 11.8 Å². The van der Waals surface area contributed by atoms with E-state index in [-0.39, 0.29) is 6.42 Å². The van der Waals surface area contributed by atoms with Gasteiger partial charge in [0, 0.05) is 18.4 Å². The molecular weight excluding hydrogens is 404 g/mol. The summed E-state index contributed by atoms with van der Waals surface area (Å²) >= 11 is 0. The molecule has 164 valence electrons. The van der Waals surface area contributed by atoms with Crippen LogP contribution in [-0.2, 0) is 28.5 Å². The van der Waals surface area contributed by atoms with Crippen molar-refractivity contribution in [2.24, 2.45) is 5.92 Å². The minimum atomic E-state index is -1.32. The fraction of sp³-hybridized carbons (Fsp3) is 0.522. The number of carbonyl (C=O) groups excluding carboxylic acids is 3. The van der Waals surface area contributed by atoms with Gasteiger partial charge in [-0.25, -0.2) is 9.59 Å². The zero-order valence-electron chi connectivity index (χ0n) is 17.6. The summed E-state index contributed by atoms with van der Waals surface area (Å²) < 4.78 is 27.5. The van der Waals surface area contributed by atoms with Crippen LogP contribution in [-0.4, -0.2) is 48.3 Å². The molecule has 0 radical (unpaired) electrons. The van der Waals surface area contributed by atoms with Crippen molar-refractivity contribution in [1.82, 2.24) is 0 Å². The second-order valence-electron chi connectivity index (χ2n) is 8.00. The van der Waals surface area contributed by atoms with Crippen LogP contribution in [0.2, 0.25) is 0 Å². The van der Waals surface area contributed by atoms with E-state index in [9.17, 15) is 14.4 Å². The number of hydrogen-bond acceptors (Lipinski definition) is 8. The van der Waals surface area contributed by atoms with Crippen molar-refractivity contribution in [3.05, 3.63) is 35.4 Å². The van der Waals surface area contributed by atoms with Gasteiger partial charge in [0.1, 0.15) is 12.2 Å². The van der Waals surface area contributed by atoms with Crippen molar-refractivity contribution in [2.45, 2.75) is 70.2 Å². The molecule has 3 fully saturated rings. The Balaban J connectivity index is 1.53. The summed E-state index contributed by atoms with van der Waals surface area (Å²) in [5.41, 5.74) is -0.400. The molecule has 3 aliphatic rings. The summed E-state index contributed by atoms with van der Waals surface area (Å²) in [7, 11) is 0. The molecule has 2 unspecified atom stereocenters. The molecule has 0 amide bonds. The Bertz CT molecular complexity index is 956. The maximum atomic E-state index is 12.9. The maximum absolute atomic E-state index is 12.9. The molecule has 1 aliphatic carbocycles. The highest BCUT2D eigenvalue weighted by molar-refractivity contribution is 5.92. The zero-order valence-corrected chi connectivity index (χ0v) is 17.6. The Labute approximate surface area is 180 Å². The first-order valence-electron chi connectivity index (χ1n) is 10.3. The van der Waals surface area contributed by atoms with E-state index < -0.39 is 48.3 Å². The summed E-state index contributed by atoms with van der Waals surface area (Å²) in [4.78, 5) is 36.3. The number of cyclic esters (lactones) is 1. The van der Waals surface area contributed by atoms with Gasteiger partial charge in [-0.1, -0.05) is 24.0 Å². The zero-order chi connectivity index (χ0) is 22.2. The first kappa shape index (κ1) is 21.2. The molecule has 1 saturated carbocycles. The lowest BCUT2D eigenvalue weighted by molar-refractivity contribution is -0.270. The molecular formula is C23H24O8. The lowest BCUT2D eigenvalue weighted by Crippen LogP contribution is -2.64. The second-order valence-corrected chi connectivity index (χ2v) is 8.00. The first-order chi connectivity index (χ1) is 14.8. The van der Waals surface area contributed by atoms with Gasteiger partial charge >= 0.3 is 18.1 Å². The molecule has 8 heteroatoms. The maximum Gasteiger partial charge on any atom is 0.509 e. The molecule has 2 heterocycles. The molecule has 2 saturated heterocycles. The minimum Gasteiger partial charge on any atom is -0.458 e. The topological polar surface area (TPSA) is 97.4 Å². The summed E-state index contributed by atoms with van der Waals surface area (Å²) in [5, 5.41) is 0. The molecule has 1 spiro atoms. The Kier molecular flexibility index (Phi) is 5.63. The van der Waals surface area contributed by atoms with E-state index in [0.29, 0.717) is 17.0 Å². The van der Waals surface area contributed by atoms with Crippen molar-refractivity contribution >= 4 is 18.1 Å². The van der Waals surface area contributed by atoms with Crippen molar-refractivity contribution in [2.75, 3.05) is 0 Å². The number of esters is 2. The first-order valence-corrected chi connectivity index (χ1v) is 10.3. The third-order valence-electron chi connectivity index (χ3n) is 5.75. The van der Waals surface area contributed by atoms with Gasteiger partial charge in [0.25, 0.3) is 0 Å². The standard InChI is InChI=1S/C23H24O8/c1-13-23(14(2)28-22(26)31-23)19(29-15(3)24)12-20(27-13)30-21(25)18-7-5-4-6-17(18)11-10-16-8-9-16/h4-7,13-14,16,19-20H,8-9,12H2,1-3H3/t13?,14-,19?,20-,23+/m1/s1. The molecule has 0 N–H and O–H groups in total. The molecule has 0 bridgehead atoms. The van der Waals surface area contributed by atoms with Crippen LogP contribution in [0.3, 0.4) is 0 Å². The van der Waals surface area contributed by atoms with Gasteiger partial charge in [-0.2, -0.15) is 0 Å². The van der Waals surface area contributed by atoms with Crippen LogP contribution in [0, 0.1) is 17.8 Å². The van der Waals surface area contributed by atoms with E-state index in [1.54, 1.807) is 32.0 Å². The van der Waals surface area contributed by atoms with Crippen LogP contribution in [0.25, 0.3) is 0 Å². The van der Waals surface area contributed by atoms with Crippen LogP contribution in [0.4, 0.5) is 4.79 Å². The minimum absolute atomic E-state index is 0.00738. The Morgan fingerprint density at radius 1 is 1.13 bits per heavy atom. The van der Waals surface area contributed by atoms with E-state index in [1.165, 1.54) is 6.92 Å². The van der Waals surface area contributed by atoms with E-state index in [1.807, 2.05) is 6.07 Å². The highest BCUT2D eigenvalue weighted by Gasteiger charge is 2.64. The summed E-state index contributed by atoms with van der Waals surface area (Å²) in [6.07, 6.45) is -2.08. The van der Waals surface area contributed by atoms with Crippen molar-refractivity contribution in [1.29, 1.82) is 0 Å². The molecule has 31 heavy (non-hydrogen) atoms. The third kappa shape index (κ3) is 4.23. The van der Waals surface area contributed by atoms with Gasteiger partial charge in [-0.05, 0) is 38.8 Å². The average Bonchev–Trinajstić information content (AvgIpc) is 3.48. The SMILES string of the molecule is CC(=O)OC1C[C@@H](OC(=O)c2ccccc2C#CC2CC2)OC(C)[C@@]12OC(=O)O[C@@H]2C. The number of hydrogen-bond donors (Lipinski definition) is 0. The summed E-state index contributed by atoms with van der Waals surface area (Å²) in [6, 6.07) is 6.95. The van der Waals surface area contributed by atoms with Crippen LogP contribution >= 0.6 is 0 Å². The van der Waals surface area contributed by atoms with E-state index >= 15 is 0 Å². The molecule has 1 aromatic rings. The highest BCUT2D eigenvalue weighted by Crippen LogP contribution is 2.42. The van der Waals surface area contributed by atoms with Gasteiger partial charge in [0.05, 0.1) is 12.0 Å². The van der Waals surface area contributed by atoms with Crippen LogP contribution in [0.5, 0.6) is 0 Å². The molecule has 4 rings (SSSR count). The average molecular weight is 428 g/mol. The smallest absolute Gasteiger partial charge is 0.458 e. The predicted molar refractivity (Wildman–Crippen MR) is 106 cm³/mol. The Hall–Kier alpha value is -3.05. The van der Waals surface area contributed by atoms with Gasteiger partial charge in [0.2, 0.25) is 11.9 Å².